The van der Waals surface area contributed by atoms with E-state index in [-0.39, 0.29) is 26.2 Å². The highest BCUT2D eigenvalue weighted by molar-refractivity contribution is 5.28. The van der Waals surface area contributed by atoms with E-state index in [1.807, 2.05) is 6.07 Å². The minimum Gasteiger partial charge on any atom is -0.491 e. The lowest BCUT2D eigenvalue weighted by Crippen LogP contribution is -2.24. The maximum Gasteiger partial charge on any atom is 0.389 e. The third-order valence-corrected chi connectivity index (χ3v) is 2.64. The Bertz CT molecular complexity index is 413. The molecule has 21 heavy (non-hydrogen) atoms. The van der Waals surface area contributed by atoms with Crippen LogP contribution >= 0.6 is 0 Å². The molecule has 0 aliphatic carbocycles. The predicted molar refractivity (Wildman–Crippen MR) is 71.9 cm³/mol. The number of hydrogen-bond acceptors (Lipinski definition) is 4. The van der Waals surface area contributed by atoms with Crippen LogP contribution in [0.4, 0.5) is 13.2 Å². The molecule has 120 valence electrons. The van der Waals surface area contributed by atoms with E-state index in [0.717, 1.165) is 5.56 Å². The highest BCUT2D eigenvalue weighted by Gasteiger charge is 2.25. The van der Waals surface area contributed by atoms with Gasteiger partial charge in [0.1, 0.15) is 18.5 Å². The Morgan fingerprint density at radius 3 is 2.67 bits per heavy atom. The van der Waals surface area contributed by atoms with Gasteiger partial charge in [0, 0.05) is 19.6 Å². The molecule has 0 amide bonds. The topological polar surface area (TPSA) is 64.7 Å². The van der Waals surface area contributed by atoms with Crippen LogP contribution in [0.2, 0.25) is 0 Å². The number of alkyl halides is 3. The Hall–Kier alpha value is -1.31. The minimum absolute atomic E-state index is 0.00724. The number of hydrogen-bond donors (Lipinski definition) is 2. The van der Waals surface area contributed by atoms with Crippen molar-refractivity contribution < 1.29 is 27.8 Å². The van der Waals surface area contributed by atoms with Crippen molar-refractivity contribution in [3.63, 3.8) is 0 Å². The van der Waals surface area contributed by atoms with Gasteiger partial charge in [-0.25, -0.2) is 0 Å². The van der Waals surface area contributed by atoms with Gasteiger partial charge in [-0.3, -0.25) is 0 Å². The molecule has 1 rings (SSSR count). The molecule has 7 heteroatoms. The highest BCUT2D eigenvalue weighted by Crippen LogP contribution is 2.21. The summed E-state index contributed by atoms with van der Waals surface area (Å²) < 4.78 is 46.0. The number of rotatable bonds is 9. The van der Waals surface area contributed by atoms with Crippen molar-refractivity contribution in [1.29, 1.82) is 0 Å². The minimum atomic E-state index is -4.17. The molecule has 0 saturated carbocycles. The van der Waals surface area contributed by atoms with Gasteiger partial charge in [0.05, 0.1) is 6.61 Å². The van der Waals surface area contributed by atoms with Gasteiger partial charge < -0.3 is 20.3 Å². The molecule has 3 N–H and O–H groups in total. The summed E-state index contributed by atoms with van der Waals surface area (Å²) in [5.41, 5.74) is 6.40. The van der Waals surface area contributed by atoms with Crippen molar-refractivity contribution in [1.82, 2.24) is 0 Å². The van der Waals surface area contributed by atoms with Gasteiger partial charge in [-0.05, 0) is 24.1 Å². The van der Waals surface area contributed by atoms with Crippen molar-refractivity contribution >= 4 is 0 Å². The van der Waals surface area contributed by atoms with Crippen molar-refractivity contribution in [2.75, 3.05) is 19.8 Å². The monoisotopic (exact) mass is 307 g/mol. The molecule has 0 fully saturated rings. The van der Waals surface area contributed by atoms with Crippen molar-refractivity contribution in [3.8, 4) is 5.75 Å². The Balaban J connectivity index is 2.14. The van der Waals surface area contributed by atoms with Crippen LogP contribution in [0.1, 0.15) is 18.4 Å². The van der Waals surface area contributed by atoms with Crippen LogP contribution in [0.5, 0.6) is 5.75 Å². The van der Waals surface area contributed by atoms with Gasteiger partial charge in [-0.1, -0.05) is 12.1 Å². The summed E-state index contributed by atoms with van der Waals surface area (Å²) in [5.74, 6) is 0.578. The first kappa shape index (κ1) is 17.7. The molecule has 0 aromatic heterocycles. The molecule has 0 radical (unpaired) electrons. The molecule has 0 bridgehead atoms. The zero-order chi connectivity index (χ0) is 15.7. The van der Waals surface area contributed by atoms with E-state index in [4.69, 9.17) is 15.2 Å². The summed E-state index contributed by atoms with van der Waals surface area (Å²) in [6.07, 6.45) is -6.06. The molecule has 0 heterocycles. The fourth-order valence-corrected chi connectivity index (χ4v) is 1.60. The Labute approximate surface area is 121 Å². The predicted octanol–water partition coefficient (Wildman–Crippen LogP) is 2.24. The van der Waals surface area contributed by atoms with E-state index in [9.17, 15) is 18.3 Å². The van der Waals surface area contributed by atoms with Crippen molar-refractivity contribution in [2.45, 2.75) is 31.7 Å². The molecule has 1 aromatic carbocycles. The fraction of sp³-hybridized carbons (Fsp3) is 0.571. The maximum atomic E-state index is 11.9. The molecule has 1 unspecified atom stereocenters. The Kier molecular flexibility index (Phi) is 7.49. The largest absolute Gasteiger partial charge is 0.491 e. The summed E-state index contributed by atoms with van der Waals surface area (Å²) in [4.78, 5) is 0. The molecule has 4 nitrogen and oxygen atoms in total. The third kappa shape index (κ3) is 8.54. The van der Waals surface area contributed by atoms with E-state index >= 15 is 0 Å². The molecule has 1 atom stereocenters. The summed E-state index contributed by atoms with van der Waals surface area (Å²) in [6, 6.07) is 7.14. The van der Waals surface area contributed by atoms with Crippen LogP contribution < -0.4 is 10.5 Å². The zero-order valence-electron chi connectivity index (χ0n) is 11.6. The van der Waals surface area contributed by atoms with E-state index in [1.165, 1.54) is 0 Å². The molecular formula is C14H20F3NO3. The van der Waals surface area contributed by atoms with Crippen LogP contribution in [0.15, 0.2) is 24.3 Å². The van der Waals surface area contributed by atoms with Gasteiger partial charge in [0.2, 0.25) is 0 Å². The van der Waals surface area contributed by atoms with Crippen LogP contribution in [0.25, 0.3) is 0 Å². The first-order valence-electron chi connectivity index (χ1n) is 6.65. The quantitative estimate of drug-likeness (QED) is 0.687. The SMILES string of the molecule is NCc1cccc(OCC(O)COCCCC(F)(F)F)c1. The molecule has 0 spiro atoms. The van der Waals surface area contributed by atoms with Crippen LogP contribution in [-0.4, -0.2) is 37.2 Å². The lowest BCUT2D eigenvalue weighted by atomic mass is 10.2. The van der Waals surface area contributed by atoms with Gasteiger partial charge in [0.15, 0.2) is 0 Å². The van der Waals surface area contributed by atoms with Gasteiger partial charge >= 0.3 is 6.18 Å². The third-order valence-electron chi connectivity index (χ3n) is 2.64. The van der Waals surface area contributed by atoms with E-state index in [0.29, 0.717) is 12.3 Å². The highest BCUT2D eigenvalue weighted by atomic mass is 19.4. The maximum absolute atomic E-state index is 11.9. The first-order valence-corrected chi connectivity index (χ1v) is 6.65. The van der Waals surface area contributed by atoms with Gasteiger partial charge in [-0.15, -0.1) is 0 Å². The first-order chi connectivity index (χ1) is 9.90. The fourth-order valence-electron chi connectivity index (χ4n) is 1.60. The van der Waals surface area contributed by atoms with Crippen LogP contribution in [0, 0.1) is 0 Å². The van der Waals surface area contributed by atoms with Gasteiger partial charge in [0.25, 0.3) is 0 Å². The summed E-state index contributed by atoms with van der Waals surface area (Å²) in [7, 11) is 0. The van der Waals surface area contributed by atoms with Crippen molar-refractivity contribution in [2.24, 2.45) is 5.73 Å². The molecular weight excluding hydrogens is 287 g/mol. The lowest BCUT2D eigenvalue weighted by molar-refractivity contribution is -0.138. The van der Waals surface area contributed by atoms with E-state index in [1.54, 1.807) is 18.2 Å². The summed E-state index contributed by atoms with van der Waals surface area (Å²) >= 11 is 0. The average Bonchev–Trinajstić information content (AvgIpc) is 2.44. The number of aliphatic hydroxyl groups is 1. The Morgan fingerprint density at radius 1 is 1.24 bits per heavy atom. The molecule has 0 aliphatic rings. The molecule has 0 saturated heterocycles. The number of nitrogens with two attached hydrogens (primary N) is 1. The molecule has 1 aromatic rings. The normalized spacial score (nSPS) is 13.2. The second kappa shape index (κ2) is 8.86. The number of ether oxygens (including phenoxy) is 2. The van der Waals surface area contributed by atoms with Gasteiger partial charge in [-0.2, -0.15) is 13.2 Å². The molecule has 0 aliphatic heterocycles. The van der Waals surface area contributed by atoms with Crippen molar-refractivity contribution in [3.05, 3.63) is 29.8 Å². The van der Waals surface area contributed by atoms with Crippen LogP contribution in [-0.2, 0) is 11.3 Å². The zero-order valence-corrected chi connectivity index (χ0v) is 11.6. The standard InChI is InChI=1S/C14H20F3NO3/c15-14(16,17)5-2-6-20-9-12(19)10-21-13-4-1-3-11(7-13)8-18/h1,3-4,7,12,19H,2,5-6,8-10,18H2. The number of halogens is 3. The second-order valence-electron chi connectivity index (χ2n) is 4.61. The Morgan fingerprint density at radius 2 is 2.00 bits per heavy atom. The lowest BCUT2D eigenvalue weighted by Gasteiger charge is -2.13. The van der Waals surface area contributed by atoms with E-state index in [2.05, 4.69) is 0 Å². The van der Waals surface area contributed by atoms with Crippen LogP contribution in [0.3, 0.4) is 0 Å². The summed E-state index contributed by atoms with van der Waals surface area (Å²) in [6.45, 7) is 0.295. The summed E-state index contributed by atoms with van der Waals surface area (Å²) in [5, 5.41) is 9.60. The second-order valence-corrected chi connectivity index (χ2v) is 4.61. The smallest absolute Gasteiger partial charge is 0.389 e. The number of aliphatic hydroxyl groups excluding tert-OH is 1. The number of benzene rings is 1. The average molecular weight is 307 g/mol. The van der Waals surface area contributed by atoms with E-state index < -0.39 is 18.7 Å².